The van der Waals surface area contributed by atoms with Gasteiger partial charge in [-0.15, -0.1) is 0 Å². The normalized spacial score (nSPS) is 21.5. The molecule has 100 valence electrons. The van der Waals surface area contributed by atoms with Crippen LogP contribution in [-0.2, 0) is 10.0 Å². The van der Waals surface area contributed by atoms with Crippen molar-refractivity contribution < 1.29 is 8.42 Å². The van der Waals surface area contributed by atoms with Crippen molar-refractivity contribution in [2.75, 3.05) is 13.1 Å². The smallest absolute Gasteiger partial charge is 0.242 e. The van der Waals surface area contributed by atoms with Crippen molar-refractivity contribution in [1.29, 1.82) is 0 Å². The maximum absolute atomic E-state index is 12.2. The summed E-state index contributed by atoms with van der Waals surface area (Å²) in [4.78, 5) is 0.156. The number of halogens is 1. The molecule has 18 heavy (non-hydrogen) atoms. The van der Waals surface area contributed by atoms with Gasteiger partial charge in [0.2, 0.25) is 10.0 Å². The van der Waals surface area contributed by atoms with Gasteiger partial charge in [-0.2, -0.15) is 0 Å². The molecule has 1 aromatic rings. The lowest BCUT2D eigenvalue weighted by Gasteiger charge is -2.16. The Morgan fingerprint density at radius 2 is 2.00 bits per heavy atom. The van der Waals surface area contributed by atoms with Crippen molar-refractivity contribution in [1.82, 2.24) is 10.0 Å². The molecule has 0 saturated carbocycles. The summed E-state index contributed by atoms with van der Waals surface area (Å²) in [6.07, 6.45) is 2.65. The van der Waals surface area contributed by atoms with E-state index in [2.05, 4.69) is 10.0 Å². The van der Waals surface area contributed by atoms with Crippen molar-refractivity contribution in [3.63, 3.8) is 0 Å². The van der Waals surface area contributed by atoms with Gasteiger partial charge in [0.25, 0.3) is 0 Å². The fourth-order valence-electron chi connectivity index (χ4n) is 2.08. The molecule has 2 N–H and O–H groups in total. The van der Waals surface area contributed by atoms with E-state index in [9.17, 15) is 8.42 Å². The summed E-state index contributed by atoms with van der Waals surface area (Å²) in [5.74, 6) is 0. The minimum Gasteiger partial charge on any atom is -0.317 e. The van der Waals surface area contributed by atoms with Gasteiger partial charge in [0, 0.05) is 6.04 Å². The maximum Gasteiger partial charge on any atom is 0.242 e. The lowest BCUT2D eigenvalue weighted by molar-refractivity contribution is 0.518. The first-order chi connectivity index (χ1) is 8.59. The molecule has 6 heteroatoms. The Kier molecular flexibility index (Phi) is 4.61. The van der Waals surface area contributed by atoms with Crippen LogP contribution in [0.5, 0.6) is 0 Å². The van der Waals surface area contributed by atoms with Crippen LogP contribution in [0.2, 0.25) is 5.02 Å². The molecular weight excluding hydrogens is 272 g/mol. The molecule has 1 aromatic carbocycles. The molecule has 2 rings (SSSR count). The predicted octanol–water partition coefficient (Wildman–Crippen LogP) is 1.76. The molecule has 0 spiro atoms. The standard InChI is InChI=1S/C12H17ClN2O2S/c13-11-5-1-2-6-12(11)18(16,17)15-10-4-3-8-14-9-7-10/h1-2,5-6,10,14-15H,3-4,7-9H2. The summed E-state index contributed by atoms with van der Waals surface area (Å²) in [7, 11) is -3.52. The van der Waals surface area contributed by atoms with Crippen molar-refractivity contribution in [2.45, 2.75) is 30.2 Å². The van der Waals surface area contributed by atoms with Crippen molar-refractivity contribution in [3.05, 3.63) is 29.3 Å². The first-order valence-corrected chi connectivity index (χ1v) is 7.93. The molecule has 1 saturated heterocycles. The largest absolute Gasteiger partial charge is 0.317 e. The highest BCUT2D eigenvalue weighted by molar-refractivity contribution is 7.89. The SMILES string of the molecule is O=S(=O)(NC1CCCNCC1)c1ccccc1Cl. The van der Waals surface area contributed by atoms with Crippen LogP contribution < -0.4 is 10.0 Å². The van der Waals surface area contributed by atoms with Gasteiger partial charge in [-0.3, -0.25) is 0 Å². The van der Waals surface area contributed by atoms with E-state index in [-0.39, 0.29) is 16.0 Å². The Morgan fingerprint density at radius 3 is 2.78 bits per heavy atom. The maximum atomic E-state index is 12.2. The van der Waals surface area contributed by atoms with Gasteiger partial charge in [-0.25, -0.2) is 13.1 Å². The topological polar surface area (TPSA) is 58.2 Å². The number of hydrogen-bond donors (Lipinski definition) is 2. The van der Waals surface area contributed by atoms with Gasteiger partial charge >= 0.3 is 0 Å². The molecule has 0 bridgehead atoms. The summed E-state index contributed by atoms with van der Waals surface area (Å²) in [6.45, 7) is 1.79. The number of nitrogens with one attached hydrogen (secondary N) is 2. The van der Waals surface area contributed by atoms with Crippen LogP contribution in [0.25, 0.3) is 0 Å². The Hall–Kier alpha value is -0.620. The average Bonchev–Trinajstić information content (AvgIpc) is 2.57. The lowest BCUT2D eigenvalue weighted by atomic mass is 10.1. The molecule has 0 amide bonds. The molecule has 0 aromatic heterocycles. The predicted molar refractivity (Wildman–Crippen MR) is 72.3 cm³/mol. The molecule has 1 fully saturated rings. The molecule has 0 aliphatic carbocycles. The van der Waals surface area contributed by atoms with E-state index in [1.165, 1.54) is 6.07 Å². The van der Waals surface area contributed by atoms with Crippen LogP contribution in [0.3, 0.4) is 0 Å². The quantitative estimate of drug-likeness (QED) is 0.891. The van der Waals surface area contributed by atoms with Gasteiger partial charge in [0.1, 0.15) is 4.90 Å². The Labute approximate surface area is 113 Å². The number of rotatable bonds is 3. The van der Waals surface area contributed by atoms with Gasteiger partial charge in [0.15, 0.2) is 0 Å². The number of hydrogen-bond acceptors (Lipinski definition) is 3. The summed E-state index contributed by atoms with van der Waals surface area (Å²) in [5, 5.41) is 3.51. The summed E-state index contributed by atoms with van der Waals surface area (Å²) < 4.78 is 27.2. The van der Waals surface area contributed by atoms with E-state index in [1.807, 2.05) is 0 Å². The third-order valence-electron chi connectivity index (χ3n) is 3.02. The molecule has 1 atom stereocenters. The van der Waals surface area contributed by atoms with Gasteiger partial charge in [0.05, 0.1) is 5.02 Å². The van der Waals surface area contributed by atoms with E-state index in [1.54, 1.807) is 18.2 Å². The first-order valence-electron chi connectivity index (χ1n) is 6.07. The van der Waals surface area contributed by atoms with E-state index < -0.39 is 10.0 Å². The molecular formula is C12H17ClN2O2S. The Morgan fingerprint density at radius 1 is 1.22 bits per heavy atom. The van der Waals surface area contributed by atoms with E-state index >= 15 is 0 Å². The monoisotopic (exact) mass is 288 g/mol. The highest BCUT2D eigenvalue weighted by Crippen LogP contribution is 2.21. The number of sulfonamides is 1. The second-order valence-electron chi connectivity index (χ2n) is 4.43. The van der Waals surface area contributed by atoms with Crippen molar-refractivity contribution in [3.8, 4) is 0 Å². The first kappa shape index (κ1) is 13.8. The lowest BCUT2D eigenvalue weighted by Crippen LogP contribution is -2.35. The third-order valence-corrected chi connectivity index (χ3v) is 5.04. The molecule has 1 unspecified atom stereocenters. The Balaban J connectivity index is 2.14. The van der Waals surface area contributed by atoms with Crippen LogP contribution in [0.1, 0.15) is 19.3 Å². The summed E-state index contributed by atoms with van der Waals surface area (Å²) in [5.41, 5.74) is 0. The van der Waals surface area contributed by atoms with Gasteiger partial charge < -0.3 is 5.32 Å². The van der Waals surface area contributed by atoms with Crippen molar-refractivity contribution in [2.24, 2.45) is 0 Å². The fourth-order valence-corrected chi connectivity index (χ4v) is 3.91. The number of benzene rings is 1. The highest BCUT2D eigenvalue weighted by atomic mass is 35.5. The van der Waals surface area contributed by atoms with E-state index in [0.29, 0.717) is 0 Å². The minimum absolute atomic E-state index is 0.0127. The van der Waals surface area contributed by atoms with Crippen LogP contribution in [0, 0.1) is 0 Å². The second-order valence-corrected chi connectivity index (χ2v) is 6.52. The molecule has 0 radical (unpaired) electrons. The second kappa shape index (κ2) is 6.02. The molecule has 1 heterocycles. The zero-order valence-corrected chi connectivity index (χ0v) is 11.6. The summed E-state index contributed by atoms with van der Waals surface area (Å²) in [6, 6.07) is 6.50. The Bertz CT molecular complexity index is 497. The van der Waals surface area contributed by atoms with Crippen LogP contribution >= 0.6 is 11.6 Å². The highest BCUT2D eigenvalue weighted by Gasteiger charge is 2.22. The average molecular weight is 289 g/mol. The van der Waals surface area contributed by atoms with Crippen LogP contribution in [0.15, 0.2) is 29.2 Å². The van der Waals surface area contributed by atoms with Gasteiger partial charge in [-0.1, -0.05) is 23.7 Å². The minimum atomic E-state index is -3.52. The third kappa shape index (κ3) is 3.45. The van der Waals surface area contributed by atoms with Crippen LogP contribution in [-0.4, -0.2) is 27.5 Å². The molecule has 4 nitrogen and oxygen atoms in total. The zero-order chi connectivity index (χ0) is 13.0. The zero-order valence-electron chi connectivity index (χ0n) is 10.0. The van der Waals surface area contributed by atoms with Crippen LogP contribution in [0.4, 0.5) is 0 Å². The van der Waals surface area contributed by atoms with E-state index in [4.69, 9.17) is 11.6 Å². The van der Waals surface area contributed by atoms with E-state index in [0.717, 1.165) is 32.4 Å². The molecule has 1 aliphatic heterocycles. The summed E-state index contributed by atoms with van der Waals surface area (Å²) >= 11 is 5.93. The fraction of sp³-hybridized carbons (Fsp3) is 0.500. The van der Waals surface area contributed by atoms with Crippen molar-refractivity contribution >= 4 is 21.6 Å². The van der Waals surface area contributed by atoms with Gasteiger partial charge in [-0.05, 0) is 44.5 Å². The molecule has 1 aliphatic rings.